The summed E-state index contributed by atoms with van der Waals surface area (Å²) in [5, 5.41) is 12.8. The normalized spacial score (nSPS) is 11.1. The lowest BCUT2D eigenvalue weighted by Crippen LogP contribution is -2.02. The maximum Gasteiger partial charge on any atom is 0.214 e. The zero-order chi connectivity index (χ0) is 16.8. The Morgan fingerprint density at radius 1 is 1.17 bits per heavy atom. The van der Waals surface area contributed by atoms with Crippen molar-refractivity contribution in [1.29, 1.82) is 0 Å². The van der Waals surface area contributed by atoms with Crippen molar-refractivity contribution in [3.8, 4) is 11.4 Å². The van der Waals surface area contributed by atoms with Gasteiger partial charge >= 0.3 is 0 Å². The second-order valence-corrected chi connectivity index (χ2v) is 6.16. The van der Waals surface area contributed by atoms with Gasteiger partial charge in [0.1, 0.15) is 11.4 Å². The number of nitrogens with zero attached hydrogens (tertiary/aromatic N) is 4. The van der Waals surface area contributed by atoms with E-state index in [1.54, 1.807) is 23.6 Å². The molecule has 0 unspecified atom stereocenters. The average molecular weight is 338 g/mol. The maximum atomic E-state index is 5.42. The van der Waals surface area contributed by atoms with Crippen molar-refractivity contribution < 1.29 is 4.74 Å². The Balaban J connectivity index is 1.74. The predicted octanol–water partition coefficient (Wildman–Crippen LogP) is 3.78. The molecule has 0 spiro atoms. The van der Waals surface area contributed by atoms with Crippen molar-refractivity contribution in [2.75, 3.05) is 12.9 Å². The van der Waals surface area contributed by atoms with E-state index in [4.69, 9.17) is 4.74 Å². The van der Waals surface area contributed by atoms with Crippen LogP contribution in [0.3, 0.4) is 0 Å². The third kappa shape index (κ3) is 3.83. The van der Waals surface area contributed by atoms with Crippen LogP contribution >= 0.6 is 11.8 Å². The number of methoxy groups -OCH3 is 1. The third-order valence-corrected chi connectivity index (χ3v) is 4.29. The first-order valence-electron chi connectivity index (χ1n) is 7.55. The highest BCUT2D eigenvalue weighted by atomic mass is 32.2. The number of aromatic nitrogens is 4. The lowest BCUT2D eigenvalue weighted by molar-refractivity contribution is 0.410. The van der Waals surface area contributed by atoms with Gasteiger partial charge in [0.25, 0.3) is 0 Å². The van der Waals surface area contributed by atoms with Crippen LogP contribution in [0.4, 0.5) is 0 Å². The Morgan fingerprint density at radius 2 is 2.00 bits per heavy atom. The summed E-state index contributed by atoms with van der Waals surface area (Å²) >= 11 is 1.58. The minimum atomic E-state index is 0.733. The number of rotatable bonds is 6. The van der Waals surface area contributed by atoms with E-state index in [-0.39, 0.29) is 0 Å². The van der Waals surface area contributed by atoms with Crippen LogP contribution in [0.25, 0.3) is 11.8 Å². The van der Waals surface area contributed by atoms with Gasteiger partial charge in [0, 0.05) is 5.75 Å². The van der Waals surface area contributed by atoms with Crippen molar-refractivity contribution in [3.63, 3.8) is 0 Å². The molecule has 3 rings (SSSR count). The Bertz CT molecular complexity index is 830. The second kappa shape index (κ2) is 7.79. The Labute approximate surface area is 145 Å². The highest BCUT2D eigenvalue weighted by Crippen LogP contribution is 2.27. The monoisotopic (exact) mass is 338 g/mol. The van der Waals surface area contributed by atoms with Gasteiger partial charge in [-0.15, -0.1) is 5.10 Å². The summed E-state index contributed by atoms with van der Waals surface area (Å²) in [6.45, 7) is 2.03. The van der Waals surface area contributed by atoms with Crippen molar-refractivity contribution in [3.05, 3.63) is 65.7 Å². The van der Waals surface area contributed by atoms with Gasteiger partial charge in [-0.3, -0.25) is 0 Å². The molecule has 0 atom stereocenters. The summed E-state index contributed by atoms with van der Waals surface area (Å²) in [4.78, 5) is 0. The molecule has 0 aliphatic rings. The van der Waals surface area contributed by atoms with Crippen molar-refractivity contribution in [2.24, 2.45) is 0 Å². The van der Waals surface area contributed by atoms with Crippen LogP contribution in [0.1, 0.15) is 11.1 Å². The number of benzene rings is 2. The fourth-order valence-electron chi connectivity index (χ4n) is 2.26. The van der Waals surface area contributed by atoms with Crippen LogP contribution in [0.2, 0.25) is 0 Å². The van der Waals surface area contributed by atoms with E-state index in [9.17, 15) is 0 Å². The predicted molar refractivity (Wildman–Crippen MR) is 96.6 cm³/mol. The molecule has 0 aliphatic carbocycles. The largest absolute Gasteiger partial charge is 0.494 e. The molecule has 0 aliphatic heterocycles. The van der Waals surface area contributed by atoms with Gasteiger partial charge in [-0.1, -0.05) is 60.3 Å². The molecule has 24 heavy (non-hydrogen) atoms. The van der Waals surface area contributed by atoms with E-state index in [1.807, 2.05) is 43.3 Å². The van der Waals surface area contributed by atoms with Crippen molar-refractivity contribution in [1.82, 2.24) is 20.2 Å². The van der Waals surface area contributed by atoms with E-state index in [1.165, 1.54) is 5.56 Å². The highest BCUT2D eigenvalue weighted by Gasteiger charge is 2.13. The fourth-order valence-corrected chi connectivity index (χ4v) is 2.95. The van der Waals surface area contributed by atoms with Gasteiger partial charge in [-0.05, 0) is 40.6 Å². The van der Waals surface area contributed by atoms with E-state index in [0.717, 1.165) is 27.9 Å². The molecule has 0 saturated heterocycles. The third-order valence-electron chi connectivity index (χ3n) is 3.42. The number of thioether (sulfide) groups is 1. The number of hydrogen-bond donors (Lipinski definition) is 0. The number of tetrazole rings is 1. The Kier molecular flexibility index (Phi) is 5.28. The van der Waals surface area contributed by atoms with Gasteiger partial charge in [-0.2, -0.15) is 4.68 Å². The molecule has 5 nitrogen and oxygen atoms in total. The second-order valence-electron chi connectivity index (χ2n) is 5.17. The lowest BCUT2D eigenvalue weighted by Gasteiger charge is -2.09. The van der Waals surface area contributed by atoms with E-state index >= 15 is 0 Å². The molecular formula is C18H18N4OS. The van der Waals surface area contributed by atoms with E-state index < -0.39 is 0 Å². The Hall–Kier alpha value is -2.60. The summed E-state index contributed by atoms with van der Waals surface area (Å²) in [6, 6.07) is 16.1. The van der Waals surface area contributed by atoms with Crippen molar-refractivity contribution in [2.45, 2.75) is 12.1 Å². The molecule has 122 valence electrons. The van der Waals surface area contributed by atoms with Crippen LogP contribution in [0.5, 0.6) is 5.75 Å². The molecular weight excluding hydrogens is 320 g/mol. The topological polar surface area (TPSA) is 52.8 Å². The molecule has 0 radical (unpaired) electrons. The van der Waals surface area contributed by atoms with Gasteiger partial charge in [-0.25, -0.2) is 0 Å². The SMILES string of the molecule is COc1ccc(C)cc1-n1nnnc1SC/C=C/c1ccccc1. The summed E-state index contributed by atoms with van der Waals surface area (Å²) in [6.07, 6.45) is 4.20. The molecule has 6 heteroatoms. The molecule has 0 saturated carbocycles. The molecule has 0 fully saturated rings. The fraction of sp³-hybridized carbons (Fsp3) is 0.167. The average Bonchev–Trinajstić information content (AvgIpc) is 3.08. The first kappa shape index (κ1) is 16.3. The summed E-state index contributed by atoms with van der Waals surface area (Å²) in [7, 11) is 1.65. The van der Waals surface area contributed by atoms with Crippen LogP contribution in [0.15, 0.2) is 59.8 Å². The summed E-state index contributed by atoms with van der Waals surface area (Å²) < 4.78 is 7.14. The van der Waals surface area contributed by atoms with Crippen LogP contribution < -0.4 is 4.74 Å². The highest BCUT2D eigenvalue weighted by molar-refractivity contribution is 7.99. The quantitative estimate of drug-likeness (QED) is 0.640. The van der Waals surface area contributed by atoms with Gasteiger partial charge in [0.15, 0.2) is 0 Å². The van der Waals surface area contributed by atoms with E-state index in [0.29, 0.717) is 0 Å². The van der Waals surface area contributed by atoms with Crippen molar-refractivity contribution >= 4 is 17.8 Å². The summed E-state index contributed by atoms with van der Waals surface area (Å²) in [5.41, 5.74) is 3.15. The maximum absolute atomic E-state index is 5.42. The molecule has 2 aromatic carbocycles. The van der Waals surface area contributed by atoms with Crippen LogP contribution in [-0.2, 0) is 0 Å². The number of aryl methyl sites for hydroxylation is 1. The Morgan fingerprint density at radius 3 is 2.79 bits per heavy atom. The smallest absolute Gasteiger partial charge is 0.214 e. The first-order valence-corrected chi connectivity index (χ1v) is 8.54. The molecule has 1 aromatic heterocycles. The molecule has 3 aromatic rings. The van der Waals surface area contributed by atoms with E-state index in [2.05, 4.69) is 39.8 Å². The lowest BCUT2D eigenvalue weighted by atomic mass is 10.2. The minimum absolute atomic E-state index is 0.733. The molecule has 1 heterocycles. The molecule has 0 amide bonds. The van der Waals surface area contributed by atoms with Gasteiger partial charge < -0.3 is 4.74 Å². The molecule has 0 N–H and O–H groups in total. The van der Waals surface area contributed by atoms with Crippen LogP contribution in [0, 0.1) is 6.92 Å². The zero-order valence-corrected chi connectivity index (χ0v) is 14.4. The van der Waals surface area contributed by atoms with Crippen LogP contribution in [-0.4, -0.2) is 33.1 Å². The standard InChI is InChI=1S/C18H18N4OS/c1-14-10-11-17(23-2)16(13-14)22-18(19-20-21-22)24-12-6-9-15-7-4-3-5-8-15/h3-11,13H,12H2,1-2H3/b9-6+. The zero-order valence-electron chi connectivity index (χ0n) is 13.6. The van der Waals surface area contributed by atoms with Gasteiger partial charge in [0.05, 0.1) is 7.11 Å². The first-order chi connectivity index (χ1) is 11.8. The minimum Gasteiger partial charge on any atom is -0.494 e. The summed E-state index contributed by atoms with van der Waals surface area (Å²) in [5.74, 6) is 1.53. The molecule has 0 bridgehead atoms. The number of hydrogen-bond acceptors (Lipinski definition) is 5. The number of ether oxygens (including phenoxy) is 1. The van der Waals surface area contributed by atoms with Gasteiger partial charge in [0.2, 0.25) is 5.16 Å².